The third-order valence-electron chi connectivity index (χ3n) is 11.5. The summed E-state index contributed by atoms with van der Waals surface area (Å²) >= 11 is 0. The van der Waals surface area contributed by atoms with Gasteiger partial charge in [-0.2, -0.15) is 0 Å². The molecule has 0 radical (unpaired) electrons. The van der Waals surface area contributed by atoms with Crippen LogP contribution in [0.2, 0.25) is 0 Å². The molecule has 0 spiro atoms. The number of hydrogen-bond donors (Lipinski definition) is 0. The molecule has 0 bridgehead atoms. The van der Waals surface area contributed by atoms with Crippen molar-refractivity contribution in [1.29, 1.82) is 0 Å². The average Bonchev–Trinajstić information content (AvgIpc) is 3.59. The topological polar surface area (TPSA) is 11.4 Å². The second-order valence-corrected chi connectivity index (χ2v) is 14.5. The van der Waals surface area contributed by atoms with Crippen molar-refractivity contribution >= 4 is 61.5 Å². The lowest BCUT2D eigenvalue weighted by Crippen LogP contribution is -2.24. The lowest BCUT2D eigenvalue weighted by molar-refractivity contribution is 0.798. The van der Waals surface area contributed by atoms with Crippen LogP contribution in [0.3, 0.4) is 0 Å². The molecule has 1 aromatic heterocycles. The van der Waals surface area contributed by atoms with Crippen LogP contribution >= 0.6 is 0 Å². The zero-order valence-corrected chi connectivity index (χ0v) is 30.3. The molecule has 0 fully saturated rings. The molecular weight excluding hydrogens is 667 g/mol. The molecule has 9 aromatic rings. The Hall–Kier alpha value is -7.10. The molecule has 1 unspecified atom stereocenters. The predicted octanol–water partition coefficient (Wildman–Crippen LogP) is 14.0. The van der Waals surface area contributed by atoms with Gasteiger partial charge >= 0.3 is 0 Å². The van der Waals surface area contributed by atoms with E-state index < -0.39 is 0 Å². The monoisotopic (exact) mass is 703 g/mol. The first kappa shape index (κ1) is 31.4. The number of allylic oxidation sites excluding steroid dienone is 1. The van der Waals surface area contributed by atoms with Crippen LogP contribution in [0, 0.1) is 0 Å². The number of anilines is 6. The second kappa shape index (κ2) is 12.8. The zero-order valence-electron chi connectivity index (χ0n) is 30.3. The molecule has 0 saturated carbocycles. The number of benzene rings is 8. The van der Waals surface area contributed by atoms with E-state index in [1.807, 2.05) is 0 Å². The van der Waals surface area contributed by atoms with Crippen LogP contribution in [0.1, 0.15) is 34.6 Å². The zero-order chi connectivity index (χ0) is 36.3. The van der Waals surface area contributed by atoms with Crippen molar-refractivity contribution in [2.75, 3.05) is 9.80 Å². The number of hydrogen-bond acceptors (Lipinski definition) is 2. The summed E-state index contributed by atoms with van der Waals surface area (Å²) in [5.74, 6) is 0.321. The minimum absolute atomic E-state index is 0.321. The average molecular weight is 704 g/mol. The highest BCUT2D eigenvalue weighted by molar-refractivity contribution is 6.10. The van der Waals surface area contributed by atoms with E-state index in [1.165, 1.54) is 66.7 Å². The van der Waals surface area contributed by atoms with Crippen LogP contribution in [0.4, 0.5) is 34.1 Å². The summed E-state index contributed by atoms with van der Waals surface area (Å²) in [6.07, 6.45) is 3.43. The van der Waals surface area contributed by atoms with Gasteiger partial charge in [-0.15, -0.1) is 0 Å². The molecule has 3 nitrogen and oxygen atoms in total. The van der Waals surface area contributed by atoms with E-state index in [2.05, 4.69) is 221 Å². The maximum absolute atomic E-state index is 2.46. The Morgan fingerprint density at radius 2 is 1.07 bits per heavy atom. The second-order valence-electron chi connectivity index (χ2n) is 14.5. The predicted molar refractivity (Wildman–Crippen MR) is 230 cm³/mol. The maximum atomic E-state index is 2.46. The van der Waals surface area contributed by atoms with Gasteiger partial charge in [-0.25, -0.2) is 0 Å². The molecule has 8 aromatic carbocycles. The Kier molecular flexibility index (Phi) is 7.31. The third kappa shape index (κ3) is 5.04. The smallest absolute Gasteiger partial charge is 0.0542 e. The molecule has 2 aliphatic rings. The van der Waals surface area contributed by atoms with Crippen molar-refractivity contribution in [3.05, 3.63) is 229 Å². The molecule has 0 amide bonds. The first-order chi connectivity index (χ1) is 27.3. The highest BCUT2D eigenvalue weighted by Gasteiger charge is 2.35. The summed E-state index contributed by atoms with van der Waals surface area (Å²) in [5, 5.41) is 2.48. The van der Waals surface area contributed by atoms with Crippen LogP contribution in [0.25, 0.3) is 33.1 Å². The fraction of sp³-hybridized carbons (Fsp3) is 0.0385. The summed E-state index contributed by atoms with van der Waals surface area (Å²) < 4.78 is 2.37. The van der Waals surface area contributed by atoms with E-state index in [9.17, 15) is 0 Å². The molecule has 3 heteroatoms. The van der Waals surface area contributed by atoms with Gasteiger partial charge in [-0.3, -0.25) is 0 Å². The van der Waals surface area contributed by atoms with Crippen LogP contribution in [-0.4, -0.2) is 4.57 Å². The van der Waals surface area contributed by atoms with Gasteiger partial charge in [0.15, 0.2) is 0 Å². The first-order valence-electron chi connectivity index (χ1n) is 19.1. The van der Waals surface area contributed by atoms with Crippen LogP contribution < -0.4 is 9.80 Å². The van der Waals surface area contributed by atoms with Gasteiger partial charge in [-0.05, 0) is 119 Å². The fourth-order valence-electron chi connectivity index (χ4n) is 9.11. The lowest BCUT2D eigenvalue weighted by Gasteiger charge is -2.40. The Bertz CT molecular complexity index is 2890. The van der Waals surface area contributed by atoms with Gasteiger partial charge in [0.25, 0.3) is 0 Å². The molecule has 0 saturated heterocycles. The first-order valence-corrected chi connectivity index (χ1v) is 19.1. The third-order valence-corrected chi connectivity index (χ3v) is 11.5. The minimum atomic E-state index is 0.321. The van der Waals surface area contributed by atoms with Crippen molar-refractivity contribution in [2.24, 2.45) is 0 Å². The Labute approximate surface area is 321 Å². The summed E-state index contributed by atoms with van der Waals surface area (Å²) in [4.78, 5) is 4.82. The summed E-state index contributed by atoms with van der Waals surface area (Å²) in [6.45, 7) is 0. The quantitative estimate of drug-likeness (QED) is 0.171. The number of aromatic nitrogens is 1. The van der Waals surface area contributed by atoms with E-state index in [4.69, 9.17) is 0 Å². The summed E-state index contributed by atoms with van der Waals surface area (Å²) in [7, 11) is 0. The number of para-hydroxylation sites is 5. The van der Waals surface area contributed by atoms with Crippen molar-refractivity contribution in [3.63, 3.8) is 0 Å². The summed E-state index contributed by atoms with van der Waals surface area (Å²) in [5.41, 5.74) is 17.3. The van der Waals surface area contributed by atoms with Gasteiger partial charge in [0.1, 0.15) is 0 Å². The molecule has 1 atom stereocenters. The van der Waals surface area contributed by atoms with Gasteiger partial charge in [-0.1, -0.05) is 121 Å². The van der Waals surface area contributed by atoms with E-state index in [0.29, 0.717) is 5.92 Å². The van der Waals surface area contributed by atoms with Gasteiger partial charge in [0, 0.05) is 50.8 Å². The molecule has 1 aliphatic carbocycles. The van der Waals surface area contributed by atoms with E-state index in [0.717, 1.165) is 29.2 Å². The minimum Gasteiger partial charge on any atom is -0.310 e. The number of rotatable bonds is 6. The van der Waals surface area contributed by atoms with Crippen LogP contribution in [0.15, 0.2) is 206 Å². The van der Waals surface area contributed by atoms with Crippen molar-refractivity contribution in [1.82, 2.24) is 4.57 Å². The van der Waals surface area contributed by atoms with Crippen LogP contribution in [0.5, 0.6) is 0 Å². The van der Waals surface area contributed by atoms with E-state index in [1.54, 1.807) is 0 Å². The molecule has 55 heavy (non-hydrogen) atoms. The molecule has 1 aliphatic heterocycles. The Morgan fingerprint density at radius 3 is 1.87 bits per heavy atom. The molecule has 260 valence electrons. The van der Waals surface area contributed by atoms with Crippen LogP contribution in [-0.2, 0) is 0 Å². The molecule has 2 heterocycles. The van der Waals surface area contributed by atoms with E-state index in [-0.39, 0.29) is 0 Å². The van der Waals surface area contributed by atoms with E-state index >= 15 is 0 Å². The standard InChI is InChI=1S/C52H37N3/c1-4-15-37(16-5-1)53(41-31-34-50-47(35-41)44-22-11-13-25-49(44)54(50)38-17-6-2-7-18-38)40-29-27-36(28-30-40)42-32-33-46-43-21-10-12-24-48(43)55(39-19-8-3-9-20-39)51-26-14-23-45(42)52(46)51/h1-32,34-35,46H,33H2. The van der Waals surface area contributed by atoms with Gasteiger partial charge in [0.05, 0.1) is 16.7 Å². The van der Waals surface area contributed by atoms with Crippen molar-refractivity contribution in [3.8, 4) is 5.69 Å². The number of nitrogens with zero attached hydrogens (tertiary/aromatic N) is 3. The SMILES string of the molecule is C1=C(c2ccc(N(c3ccccc3)c3ccc4c(c3)c3ccccc3n4-c3ccccc3)cc2)c2cccc3c2C(C1)c1ccccc1N3c1ccccc1. The Balaban J connectivity index is 1.01. The van der Waals surface area contributed by atoms with Crippen molar-refractivity contribution in [2.45, 2.75) is 12.3 Å². The summed E-state index contributed by atoms with van der Waals surface area (Å²) in [6, 6.07) is 72.8. The Morgan fingerprint density at radius 1 is 0.455 bits per heavy atom. The fourth-order valence-corrected chi connectivity index (χ4v) is 9.11. The highest BCUT2D eigenvalue weighted by atomic mass is 15.2. The highest BCUT2D eigenvalue weighted by Crippen LogP contribution is 2.55. The molecule has 11 rings (SSSR count). The van der Waals surface area contributed by atoms with Crippen molar-refractivity contribution < 1.29 is 0 Å². The molecule has 0 N–H and O–H groups in total. The largest absolute Gasteiger partial charge is 0.310 e. The van der Waals surface area contributed by atoms with Gasteiger partial charge in [0.2, 0.25) is 0 Å². The number of fused-ring (bicyclic) bond motifs is 5. The maximum Gasteiger partial charge on any atom is 0.0542 e. The van der Waals surface area contributed by atoms with Gasteiger partial charge < -0.3 is 14.4 Å². The molecular formula is C52H37N3. The lowest BCUT2D eigenvalue weighted by atomic mass is 9.74. The normalized spacial score (nSPS) is 14.4.